The van der Waals surface area contributed by atoms with Gasteiger partial charge in [0, 0.05) is 19.5 Å². The number of aromatic nitrogens is 3. The minimum atomic E-state index is -0.0167. The van der Waals surface area contributed by atoms with Gasteiger partial charge in [-0.3, -0.25) is 0 Å². The molecule has 0 saturated carbocycles. The van der Waals surface area contributed by atoms with Crippen molar-refractivity contribution in [3.05, 3.63) is 83.4 Å². The number of nitrogens with one attached hydrogen (secondary N) is 2. The normalized spacial score (nSPS) is 12.6. The molecule has 1 aromatic heterocycles. The average molecular weight is 393 g/mol. The van der Waals surface area contributed by atoms with Gasteiger partial charge in [0.25, 0.3) is 0 Å². The lowest BCUT2D eigenvalue weighted by Crippen LogP contribution is -2.40. The fourth-order valence-corrected chi connectivity index (χ4v) is 2.93. The quantitative estimate of drug-likeness (QED) is 0.404. The molecule has 3 aromatic rings. The Morgan fingerprint density at radius 3 is 2.34 bits per heavy atom. The number of aliphatic hydroxyl groups is 1. The van der Waals surface area contributed by atoms with Crippen LogP contribution in [0.15, 0.2) is 65.7 Å². The molecule has 0 aliphatic carbocycles. The molecule has 7 heteroatoms. The van der Waals surface area contributed by atoms with E-state index in [1.807, 2.05) is 79.2 Å². The van der Waals surface area contributed by atoms with E-state index in [2.05, 4.69) is 20.8 Å². The second kappa shape index (κ2) is 10.4. The lowest BCUT2D eigenvalue weighted by molar-refractivity contribution is 0.265. The summed E-state index contributed by atoms with van der Waals surface area (Å²) in [5, 5.41) is 24.8. The second-order valence-electron chi connectivity index (χ2n) is 6.90. The Morgan fingerprint density at radius 1 is 1.03 bits per heavy atom. The smallest absolute Gasteiger partial charge is 0.191 e. The van der Waals surface area contributed by atoms with Crippen LogP contribution in [0.3, 0.4) is 0 Å². The van der Waals surface area contributed by atoms with Gasteiger partial charge in [-0.1, -0.05) is 60.7 Å². The zero-order valence-electron chi connectivity index (χ0n) is 16.9. The lowest BCUT2D eigenvalue weighted by atomic mass is 10.0. The number of benzene rings is 2. The molecule has 7 nitrogen and oxygen atoms in total. The fourth-order valence-electron chi connectivity index (χ4n) is 2.93. The SMILES string of the molecule is Cc1nnc(CNC(=NCc2ccccc2)NCC(CO)c2ccccc2)n1C. The first kappa shape index (κ1) is 20.5. The molecule has 0 bridgehead atoms. The molecule has 1 heterocycles. The van der Waals surface area contributed by atoms with Crippen LogP contribution in [-0.2, 0) is 20.1 Å². The van der Waals surface area contributed by atoms with Crippen molar-refractivity contribution in [2.24, 2.45) is 12.0 Å². The Labute approximate surface area is 171 Å². The maximum absolute atomic E-state index is 9.83. The molecule has 29 heavy (non-hydrogen) atoms. The van der Waals surface area contributed by atoms with Crippen molar-refractivity contribution in [2.45, 2.75) is 25.9 Å². The molecule has 0 fully saturated rings. The summed E-state index contributed by atoms with van der Waals surface area (Å²) in [7, 11) is 1.94. The highest BCUT2D eigenvalue weighted by molar-refractivity contribution is 5.79. The van der Waals surface area contributed by atoms with Crippen LogP contribution in [0.4, 0.5) is 0 Å². The summed E-state index contributed by atoms with van der Waals surface area (Å²) >= 11 is 0. The van der Waals surface area contributed by atoms with Gasteiger partial charge >= 0.3 is 0 Å². The highest BCUT2D eigenvalue weighted by Gasteiger charge is 2.12. The topological polar surface area (TPSA) is 87.4 Å². The van der Waals surface area contributed by atoms with Crippen LogP contribution in [0.25, 0.3) is 0 Å². The van der Waals surface area contributed by atoms with Gasteiger partial charge in [-0.05, 0) is 18.1 Å². The molecule has 3 rings (SSSR count). The minimum Gasteiger partial charge on any atom is -0.396 e. The summed E-state index contributed by atoms with van der Waals surface area (Å²) in [5.41, 5.74) is 2.22. The molecule has 1 unspecified atom stereocenters. The zero-order valence-corrected chi connectivity index (χ0v) is 16.9. The van der Waals surface area contributed by atoms with Crippen LogP contribution < -0.4 is 10.6 Å². The minimum absolute atomic E-state index is 0.0167. The number of aliphatic imine (C=N–C) groups is 1. The predicted molar refractivity (Wildman–Crippen MR) is 114 cm³/mol. The van der Waals surface area contributed by atoms with Gasteiger partial charge in [-0.15, -0.1) is 10.2 Å². The molecule has 1 atom stereocenters. The maximum atomic E-state index is 9.83. The van der Waals surface area contributed by atoms with Crippen LogP contribution >= 0.6 is 0 Å². The van der Waals surface area contributed by atoms with E-state index in [1.54, 1.807) is 0 Å². The number of guanidine groups is 1. The van der Waals surface area contributed by atoms with E-state index in [0.29, 0.717) is 25.6 Å². The number of aliphatic hydroxyl groups excluding tert-OH is 1. The number of nitrogens with zero attached hydrogens (tertiary/aromatic N) is 4. The first-order chi connectivity index (χ1) is 14.2. The second-order valence-corrected chi connectivity index (χ2v) is 6.90. The van der Waals surface area contributed by atoms with Crippen LogP contribution in [-0.4, -0.2) is 39.0 Å². The molecule has 2 aromatic carbocycles. The molecule has 0 spiro atoms. The fraction of sp³-hybridized carbons (Fsp3) is 0.318. The average Bonchev–Trinajstić information content (AvgIpc) is 3.09. The van der Waals surface area contributed by atoms with Gasteiger partial charge in [0.1, 0.15) is 5.82 Å². The Balaban J connectivity index is 1.68. The van der Waals surface area contributed by atoms with E-state index < -0.39 is 0 Å². The van der Waals surface area contributed by atoms with Gasteiger partial charge < -0.3 is 20.3 Å². The maximum Gasteiger partial charge on any atom is 0.191 e. The van der Waals surface area contributed by atoms with Crippen LogP contribution in [0.5, 0.6) is 0 Å². The molecule has 0 amide bonds. The van der Waals surface area contributed by atoms with Crippen LogP contribution in [0, 0.1) is 6.92 Å². The summed E-state index contributed by atoms with van der Waals surface area (Å²) in [6.07, 6.45) is 0. The van der Waals surface area contributed by atoms with E-state index in [0.717, 1.165) is 22.8 Å². The third-order valence-electron chi connectivity index (χ3n) is 4.87. The van der Waals surface area contributed by atoms with Crippen LogP contribution in [0.2, 0.25) is 0 Å². The Hall–Kier alpha value is -3.19. The molecular formula is C22H28N6O. The van der Waals surface area contributed by atoms with Gasteiger partial charge in [0.15, 0.2) is 11.8 Å². The van der Waals surface area contributed by atoms with Crippen molar-refractivity contribution in [1.82, 2.24) is 25.4 Å². The van der Waals surface area contributed by atoms with Gasteiger partial charge in [-0.25, -0.2) is 4.99 Å². The standard InChI is InChI=1S/C22H28N6O/c1-17-26-27-21(28(17)2)15-25-22(23-13-18-9-5-3-6-10-18)24-14-20(16-29)19-11-7-4-8-12-19/h3-12,20,29H,13-16H2,1-2H3,(H2,23,24,25). The third-order valence-corrected chi connectivity index (χ3v) is 4.87. The largest absolute Gasteiger partial charge is 0.396 e. The number of hydrogen-bond acceptors (Lipinski definition) is 4. The van der Waals surface area contributed by atoms with E-state index >= 15 is 0 Å². The van der Waals surface area contributed by atoms with Crippen molar-refractivity contribution in [3.8, 4) is 0 Å². The third kappa shape index (κ3) is 5.89. The van der Waals surface area contributed by atoms with E-state index in [9.17, 15) is 5.11 Å². The molecule has 0 radical (unpaired) electrons. The van der Waals surface area contributed by atoms with Crippen molar-refractivity contribution in [2.75, 3.05) is 13.2 Å². The van der Waals surface area contributed by atoms with Crippen LogP contribution in [0.1, 0.15) is 28.7 Å². The lowest BCUT2D eigenvalue weighted by Gasteiger charge is -2.18. The summed E-state index contributed by atoms with van der Waals surface area (Å²) in [6.45, 7) is 3.62. The van der Waals surface area contributed by atoms with E-state index in [4.69, 9.17) is 4.99 Å². The molecular weight excluding hydrogens is 364 g/mol. The first-order valence-corrected chi connectivity index (χ1v) is 9.74. The monoisotopic (exact) mass is 392 g/mol. The number of rotatable bonds is 8. The molecule has 0 aliphatic rings. The van der Waals surface area contributed by atoms with Gasteiger partial charge in [0.2, 0.25) is 0 Å². The van der Waals surface area contributed by atoms with Crippen molar-refractivity contribution in [1.29, 1.82) is 0 Å². The molecule has 0 aliphatic heterocycles. The predicted octanol–water partition coefficient (Wildman–Crippen LogP) is 2.14. The Kier molecular flexibility index (Phi) is 7.35. The first-order valence-electron chi connectivity index (χ1n) is 9.74. The molecule has 0 saturated heterocycles. The van der Waals surface area contributed by atoms with E-state index in [1.165, 1.54) is 0 Å². The summed E-state index contributed by atoms with van der Waals surface area (Å²) in [5.74, 6) is 2.35. The Bertz CT molecular complexity index is 908. The summed E-state index contributed by atoms with van der Waals surface area (Å²) < 4.78 is 1.95. The van der Waals surface area contributed by atoms with Gasteiger partial charge in [0.05, 0.1) is 19.7 Å². The van der Waals surface area contributed by atoms with Crippen molar-refractivity contribution < 1.29 is 5.11 Å². The highest BCUT2D eigenvalue weighted by atomic mass is 16.3. The number of aryl methyl sites for hydroxylation is 1. The zero-order chi connectivity index (χ0) is 20.5. The van der Waals surface area contributed by atoms with Gasteiger partial charge in [-0.2, -0.15) is 0 Å². The Morgan fingerprint density at radius 2 is 1.72 bits per heavy atom. The molecule has 3 N–H and O–H groups in total. The van der Waals surface area contributed by atoms with Crippen molar-refractivity contribution >= 4 is 5.96 Å². The number of hydrogen-bond donors (Lipinski definition) is 3. The highest BCUT2D eigenvalue weighted by Crippen LogP contribution is 2.13. The van der Waals surface area contributed by atoms with E-state index in [-0.39, 0.29) is 12.5 Å². The summed E-state index contributed by atoms with van der Waals surface area (Å²) in [4.78, 5) is 4.70. The summed E-state index contributed by atoms with van der Waals surface area (Å²) in [6, 6.07) is 20.1. The molecule has 152 valence electrons. The van der Waals surface area contributed by atoms with Crippen molar-refractivity contribution in [3.63, 3.8) is 0 Å².